The molecule has 0 saturated heterocycles. The molecular formula is C16H18BrNO2. The summed E-state index contributed by atoms with van der Waals surface area (Å²) < 4.78 is 6.20. The van der Waals surface area contributed by atoms with Crippen LogP contribution in [0.2, 0.25) is 0 Å². The summed E-state index contributed by atoms with van der Waals surface area (Å²) in [7, 11) is 1.62. The van der Waals surface area contributed by atoms with Crippen molar-refractivity contribution in [3.8, 4) is 11.5 Å². The van der Waals surface area contributed by atoms with E-state index in [-0.39, 0.29) is 11.8 Å². The van der Waals surface area contributed by atoms with E-state index < -0.39 is 0 Å². The Kier molecular flexibility index (Phi) is 4.55. The van der Waals surface area contributed by atoms with Crippen LogP contribution in [0, 0.1) is 6.92 Å². The van der Waals surface area contributed by atoms with Crippen LogP contribution in [0.25, 0.3) is 0 Å². The molecule has 4 heteroatoms. The second-order valence-corrected chi connectivity index (χ2v) is 5.63. The average molecular weight is 336 g/mol. The van der Waals surface area contributed by atoms with E-state index in [0.29, 0.717) is 0 Å². The average Bonchev–Trinajstić information content (AvgIpc) is 2.43. The molecule has 0 saturated carbocycles. The zero-order chi connectivity index (χ0) is 14.7. The van der Waals surface area contributed by atoms with Crippen molar-refractivity contribution in [3.05, 3.63) is 52.0 Å². The predicted octanol–water partition coefficient (Wildman–Crippen LogP) is 4.64. The Labute approximate surface area is 127 Å². The molecule has 0 amide bonds. The molecule has 0 radical (unpaired) electrons. The molecule has 20 heavy (non-hydrogen) atoms. The number of aromatic hydroxyl groups is 1. The molecule has 0 fully saturated rings. The molecule has 3 nitrogen and oxygen atoms in total. The molecule has 0 aromatic heterocycles. The first-order valence-electron chi connectivity index (χ1n) is 6.41. The molecule has 106 valence electrons. The highest BCUT2D eigenvalue weighted by Crippen LogP contribution is 2.32. The van der Waals surface area contributed by atoms with Gasteiger partial charge in [0, 0.05) is 15.7 Å². The van der Waals surface area contributed by atoms with Crippen LogP contribution in [0.3, 0.4) is 0 Å². The van der Waals surface area contributed by atoms with Crippen molar-refractivity contribution in [1.29, 1.82) is 0 Å². The smallest absolute Gasteiger partial charge is 0.121 e. The van der Waals surface area contributed by atoms with Crippen molar-refractivity contribution < 1.29 is 9.84 Å². The molecule has 1 atom stereocenters. The van der Waals surface area contributed by atoms with Crippen LogP contribution < -0.4 is 10.1 Å². The Morgan fingerprint density at radius 1 is 1.20 bits per heavy atom. The number of benzene rings is 2. The fourth-order valence-corrected chi connectivity index (χ4v) is 2.43. The minimum Gasteiger partial charge on any atom is -0.508 e. The molecule has 1 unspecified atom stereocenters. The van der Waals surface area contributed by atoms with Gasteiger partial charge in [0.05, 0.1) is 13.2 Å². The van der Waals surface area contributed by atoms with Gasteiger partial charge in [-0.25, -0.2) is 0 Å². The molecule has 0 bridgehead atoms. The molecule has 2 aromatic rings. The van der Waals surface area contributed by atoms with E-state index in [2.05, 4.69) is 27.3 Å². The third-order valence-corrected chi connectivity index (χ3v) is 3.89. The van der Waals surface area contributed by atoms with Gasteiger partial charge in [-0.2, -0.15) is 0 Å². The SMILES string of the molecule is COc1ccc(O)c(C(C)Nc2cc(C)ccc2Br)c1. The van der Waals surface area contributed by atoms with E-state index in [9.17, 15) is 5.11 Å². The van der Waals surface area contributed by atoms with Gasteiger partial charge < -0.3 is 15.2 Å². The molecule has 0 spiro atoms. The van der Waals surface area contributed by atoms with Crippen LogP contribution >= 0.6 is 15.9 Å². The van der Waals surface area contributed by atoms with Gasteiger partial charge in [0.2, 0.25) is 0 Å². The quantitative estimate of drug-likeness (QED) is 0.854. The van der Waals surface area contributed by atoms with E-state index in [1.54, 1.807) is 19.2 Å². The largest absolute Gasteiger partial charge is 0.508 e. The number of phenolic OH excluding ortho intramolecular Hbond substituents is 1. The van der Waals surface area contributed by atoms with Gasteiger partial charge >= 0.3 is 0 Å². The van der Waals surface area contributed by atoms with Crippen LogP contribution in [0.15, 0.2) is 40.9 Å². The summed E-state index contributed by atoms with van der Waals surface area (Å²) in [6.45, 7) is 4.05. The molecule has 0 aliphatic rings. The maximum Gasteiger partial charge on any atom is 0.121 e. The monoisotopic (exact) mass is 335 g/mol. The number of rotatable bonds is 4. The van der Waals surface area contributed by atoms with Gasteiger partial charge in [0.25, 0.3) is 0 Å². The second kappa shape index (κ2) is 6.18. The first-order chi connectivity index (χ1) is 9.51. The highest BCUT2D eigenvalue weighted by Gasteiger charge is 2.13. The summed E-state index contributed by atoms with van der Waals surface area (Å²) in [5, 5.41) is 13.4. The maximum atomic E-state index is 10.00. The van der Waals surface area contributed by atoms with Crippen molar-refractivity contribution in [2.45, 2.75) is 19.9 Å². The number of hydrogen-bond donors (Lipinski definition) is 2. The Morgan fingerprint density at radius 3 is 2.65 bits per heavy atom. The zero-order valence-corrected chi connectivity index (χ0v) is 13.4. The van der Waals surface area contributed by atoms with E-state index >= 15 is 0 Å². The summed E-state index contributed by atoms with van der Waals surface area (Å²) in [6.07, 6.45) is 0. The Hall–Kier alpha value is -1.68. The van der Waals surface area contributed by atoms with Crippen molar-refractivity contribution in [2.24, 2.45) is 0 Å². The Balaban J connectivity index is 2.27. The van der Waals surface area contributed by atoms with Gasteiger partial charge in [-0.05, 0) is 65.7 Å². The third kappa shape index (κ3) is 3.25. The molecule has 2 N–H and O–H groups in total. The normalized spacial score (nSPS) is 12.0. The number of ether oxygens (including phenoxy) is 1. The van der Waals surface area contributed by atoms with Gasteiger partial charge in [-0.3, -0.25) is 0 Å². The van der Waals surface area contributed by atoms with Gasteiger partial charge in [0.1, 0.15) is 11.5 Å². The zero-order valence-electron chi connectivity index (χ0n) is 11.8. The van der Waals surface area contributed by atoms with Crippen LogP contribution in [-0.4, -0.2) is 12.2 Å². The van der Waals surface area contributed by atoms with E-state index in [1.807, 2.05) is 32.0 Å². The Bertz CT molecular complexity index is 613. The standard InChI is InChI=1S/C16H18BrNO2/c1-10-4-6-14(17)15(8-10)18-11(2)13-9-12(20-3)5-7-16(13)19/h4-9,11,18-19H,1-3H3. The molecule has 2 rings (SSSR count). The number of phenols is 1. The predicted molar refractivity (Wildman–Crippen MR) is 85.6 cm³/mol. The summed E-state index contributed by atoms with van der Waals surface area (Å²) in [4.78, 5) is 0. The van der Waals surface area contributed by atoms with Gasteiger partial charge in [-0.15, -0.1) is 0 Å². The summed E-state index contributed by atoms with van der Waals surface area (Å²) in [5.74, 6) is 0.990. The summed E-state index contributed by atoms with van der Waals surface area (Å²) in [6, 6.07) is 11.3. The number of nitrogens with one attached hydrogen (secondary N) is 1. The molecule has 0 heterocycles. The van der Waals surface area contributed by atoms with Gasteiger partial charge in [-0.1, -0.05) is 6.07 Å². The van der Waals surface area contributed by atoms with E-state index in [4.69, 9.17) is 4.74 Å². The highest BCUT2D eigenvalue weighted by atomic mass is 79.9. The molecule has 0 aliphatic heterocycles. The Morgan fingerprint density at radius 2 is 1.95 bits per heavy atom. The van der Waals surface area contributed by atoms with Crippen molar-refractivity contribution in [1.82, 2.24) is 0 Å². The van der Waals surface area contributed by atoms with Crippen LogP contribution in [0.4, 0.5) is 5.69 Å². The summed E-state index contributed by atoms with van der Waals surface area (Å²) in [5.41, 5.74) is 2.98. The number of aryl methyl sites for hydroxylation is 1. The van der Waals surface area contributed by atoms with Crippen molar-refractivity contribution in [2.75, 3.05) is 12.4 Å². The fourth-order valence-electron chi connectivity index (χ4n) is 2.07. The number of methoxy groups -OCH3 is 1. The number of anilines is 1. The number of hydrogen-bond acceptors (Lipinski definition) is 3. The third-order valence-electron chi connectivity index (χ3n) is 3.20. The van der Waals surface area contributed by atoms with Crippen molar-refractivity contribution >= 4 is 21.6 Å². The fraction of sp³-hybridized carbons (Fsp3) is 0.250. The lowest BCUT2D eigenvalue weighted by molar-refractivity contribution is 0.410. The topological polar surface area (TPSA) is 41.5 Å². The first-order valence-corrected chi connectivity index (χ1v) is 7.20. The maximum absolute atomic E-state index is 10.00. The van der Waals surface area contributed by atoms with Crippen LogP contribution in [0.1, 0.15) is 24.1 Å². The lowest BCUT2D eigenvalue weighted by Crippen LogP contribution is -2.07. The molecule has 2 aromatic carbocycles. The second-order valence-electron chi connectivity index (χ2n) is 4.77. The van der Waals surface area contributed by atoms with Gasteiger partial charge in [0.15, 0.2) is 0 Å². The summed E-state index contributed by atoms with van der Waals surface area (Å²) >= 11 is 3.53. The number of halogens is 1. The van der Waals surface area contributed by atoms with Crippen LogP contribution in [0.5, 0.6) is 11.5 Å². The minimum absolute atomic E-state index is 0.0387. The van der Waals surface area contributed by atoms with Crippen molar-refractivity contribution in [3.63, 3.8) is 0 Å². The highest BCUT2D eigenvalue weighted by molar-refractivity contribution is 9.10. The minimum atomic E-state index is -0.0387. The van der Waals surface area contributed by atoms with Crippen LogP contribution in [-0.2, 0) is 0 Å². The first kappa shape index (κ1) is 14.7. The van der Waals surface area contributed by atoms with E-state index in [0.717, 1.165) is 21.5 Å². The molecular weight excluding hydrogens is 318 g/mol. The molecule has 0 aliphatic carbocycles. The van der Waals surface area contributed by atoms with E-state index in [1.165, 1.54) is 5.56 Å². The lowest BCUT2D eigenvalue weighted by atomic mass is 10.1. The lowest BCUT2D eigenvalue weighted by Gasteiger charge is -2.19.